The number of aryl methyl sites for hydroxylation is 2. The van der Waals surface area contributed by atoms with Crippen LogP contribution in [0, 0.1) is 0 Å². The second-order valence-electron chi connectivity index (χ2n) is 4.15. The van der Waals surface area contributed by atoms with E-state index in [9.17, 15) is 0 Å². The molecule has 0 bridgehead atoms. The number of allylic oxidation sites excluding steroid dienone is 1. The Hall–Kier alpha value is -0.170. The number of hydrogen-bond donors (Lipinski definition) is 0. The molecule has 2 rings (SSSR count). The number of rotatable bonds is 2. The van der Waals surface area contributed by atoms with Crippen LogP contribution in [0.2, 0.25) is 0 Å². The maximum atomic E-state index is 2.37. The molecule has 0 N–H and O–H groups in total. The third-order valence-corrected chi connectivity index (χ3v) is 3.15. The third-order valence-electron chi connectivity index (χ3n) is 3.15. The Morgan fingerprint density at radius 2 is 1.67 bits per heavy atom. The van der Waals surface area contributed by atoms with Crippen LogP contribution < -0.4 is 0 Å². The fourth-order valence-corrected chi connectivity index (χ4v) is 2.36. The first-order chi connectivity index (χ1) is 6.76. The summed E-state index contributed by atoms with van der Waals surface area (Å²) in [5.74, 6) is 0. The Kier molecular flexibility index (Phi) is 4.51. The van der Waals surface area contributed by atoms with Crippen molar-refractivity contribution >= 4 is 6.08 Å². The van der Waals surface area contributed by atoms with E-state index < -0.39 is 0 Å². The minimum atomic E-state index is 0. The molecule has 0 atom stereocenters. The van der Waals surface area contributed by atoms with Crippen LogP contribution in [0.1, 0.15) is 43.0 Å². The van der Waals surface area contributed by atoms with Gasteiger partial charge in [0.25, 0.3) is 0 Å². The van der Waals surface area contributed by atoms with E-state index in [0.717, 1.165) is 12.8 Å². The van der Waals surface area contributed by atoms with Gasteiger partial charge in [-0.15, -0.1) is 0 Å². The zero-order chi connectivity index (χ0) is 10.1. The molecule has 0 nitrogen and oxygen atoms in total. The smallest absolute Gasteiger partial charge is 0 e. The molecule has 15 heavy (non-hydrogen) atoms. The average molecular weight is 365 g/mol. The van der Waals surface area contributed by atoms with Gasteiger partial charge in [0, 0.05) is 25.8 Å². The van der Waals surface area contributed by atoms with E-state index in [2.05, 4.69) is 39.0 Å². The quantitative estimate of drug-likeness (QED) is 0.701. The summed E-state index contributed by atoms with van der Waals surface area (Å²) in [6.07, 6.45) is 5.85. The Bertz CT molecular complexity index is 389. The van der Waals surface area contributed by atoms with Gasteiger partial charge >= 0.3 is 0 Å². The van der Waals surface area contributed by atoms with Crippen LogP contribution in [0.25, 0.3) is 6.08 Å². The van der Waals surface area contributed by atoms with Crippen LogP contribution in [0.5, 0.6) is 0 Å². The molecule has 78 valence electrons. The van der Waals surface area contributed by atoms with E-state index in [1.54, 1.807) is 5.56 Å². The SMILES string of the molecule is CCc1ccc(CC)c2c1C=C(C)C2.[Hf]. The zero-order valence-corrected chi connectivity index (χ0v) is 13.4. The predicted molar refractivity (Wildman–Crippen MR) is 62.6 cm³/mol. The summed E-state index contributed by atoms with van der Waals surface area (Å²) in [5, 5.41) is 0. The van der Waals surface area contributed by atoms with Gasteiger partial charge in [-0.25, -0.2) is 0 Å². The molecule has 1 aromatic carbocycles. The summed E-state index contributed by atoms with van der Waals surface area (Å²) in [6, 6.07) is 4.61. The second kappa shape index (κ2) is 5.25. The van der Waals surface area contributed by atoms with Crippen molar-refractivity contribution in [2.75, 3.05) is 0 Å². The van der Waals surface area contributed by atoms with Crippen molar-refractivity contribution in [2.24, 2.45) is 0 Å². The summed E-state index contributed by atoms with van der Waals surface area (Å²) >= 11 is 0. The fraction of sp³-hybridized carbons (Fsp3) is 0.429. The van der Waals surface area contributed by atoms with E-state index in [1.165, 1.54) is 28.7 Å². The first-order valence-electron chi connectivity index (χ1n) is 5.57. The van der Waals surface area contributed by atoms with Crippen molar-refractivity contribution in [2.45, 2.75) is 40.0 Å². The molecule has 1 aliphatic carbocycles. The molecule has 1 aromatic rings. The summed E-state index contributed by atoms with van der Waals surface area (Å²) in [5.41, 5.74) is 7.66. The summed E-state index contributed by atoms with van der Waals surface area (Å²) in [7, 11) is 0. The molecule has 0 fully saturated rings. The van der Waals surface area contributed by atoms with Crippen molar-refractivity contribution in [3.05, 3.63) is 40.0 Å². The topological polar surface area (TPSA) is 0 Å². The molecule has 0 unspecified atom stereocenters. The standard InChI is InChI=1S/C14H18.Hf/c1-4-11-6-7-12(5-2)14-9-10(3)8-13(11)14;/h6-8H,4-5,9H2,1-3H3;. The molecule has 0 heterocycles. The van der Waals surface area contributed by atoms with Gasteiger partial charge in [-0.3, -0.25) is 0 Å². The zero-order valence-electron chi connectivity index (χ0n) is 9.85. The van der Waals surface area contributed by atoms with Gasteiger partial charge in [-0.2, -0.15) is 0 Å². The van der Waals surface area contributed by atoms with Crippen LogP contribution in [0.3, 0.4) is 0 Å². The Morgan fingerprint density at radius 1 is 1.07 bits per heavy atom. The van der Waals surface area contributed by atoms with Crippen molar-refractivity contribution in [3.8, 4) is 0 Å². The van der Waals surface area contributed by atoms with E-state index in [1.807, 2.05) is 0 Å². The molecule has 0 spiro atoms. The molecule has 0 radical (unpaired) electrons. The van der Waals surface area contributed by atoms with E-state index in [4.69, 9.17) is 0 Å². The van der Waals surface area contributed by atoms with E-state index in [0.29, 0.717) is 0 Å². The van der Waals surface area contributed by atoms with E-state index >= 15 is 0 Å². The van der Waals surface area contributed by atoms with Crippen molar-refractivity contribution in [1.82, 2.24) is 0 Å². The summed E-state index contributed by atoms with van der Waals surface area (Å²) < 4.78 is 0. The van der Waals surface area contributed by atoms with Crippen LogP contribution >= 0.6 is 0 Å². The molecule has 0 aliphatic heterocycles. The Balaban J connectivity index is 0.00000112. The van der Waals surface area contributed by atoms with Gasteiger partial charge in [0.1, 0.15) is 0 Å². The van der Waals surface area contributed by atoms with Crippen LogP contribution in [-0.4, -0.2) is 0 Å². The van der Waals surface area contributed by atoms with Gasteiger partial charge in [0.05, 0.1) is 0 Å². The Morgan fingerprint density at radius 3 is 2.27 bits per heavy atom. The normalized spacial score (nSPS) is 13.1. The maximum absolute atomic E-state index is 2.37. The Labute approximate surface area is 112 Å². The number of hydrogen-bond acceptors (Lipinski definition) is 0. The van der Waals surface area contributed by atoms with E-state index in [-0.39, 0.29) is 25.8 Å². The largest absolute Gasteiger partial charge is 0.0683 e. The van der Waals surface area contributed by atoms with Crippen molar-refractivity contribution in [3.63, 3.8) is 0 Å². The molecule has 1 heteroatoms. The molecular weight excluding hydrogens is 347 g/mol. The monoisotopic (exact) mass is 366 g/mol. The molecule has 1 aliphatic rings. The van der Waals surface area contributed by atoms with Crippen molar-refractivity contribution in [1.29, 1.82) is 0 Å². The molecule has 0 saturated heterocycles. The minimum Gasteiger partial charge on any atom is -0.0683 e. The average Bonchev–Trinajstić information content (AvgIpc) is 2.57. The van der Waals surface area contributed by atoms with Crippen molar-refractivity contribution < 1.29 is 25.8 Å². The molecular formula is C14H18Hf. The first kappa shape index (κ1) is 12.9. The van der Waals surface area contributed by atoms with Gasteiger partial charge in [-0.05, 0) is 48.4 Å². The van der Waals surface area contributed by atoms with Crippen LogP contribution in [0.4, 0.5) is 0 Å². The second-order valence-corrected chi connectivity index (χ2v) is 4.15. The third kappa shape index (κ3) is 2.33. The van der Waals surface area contributed by atoms with Gasteiger partial charge in [0.15, 0.2) is 0 Å². The predicted octanol–water partition coefficient (Wildman–Crippen LogP) is 3.77. The van der Waals surface area contributed by atoms with Crippen LogP contribution in [-0.2, 0) is 45.1 Å². The van der Waals surface area contributed by atoms with Gasteiger partial charge < -0.3 is 0 Å². The van der Waals surface area contributed by atoms with Crippen LogP contribution in [0.15, 0.2) is 17.7 Å². The number of benzene rings is 1. The summed E-state index contributed by atoms with van der Waals surface area (Å²) in [6.45, 7) is 6.72. The molecule has 0 aromatic heterocycles. The summed E-state index contributed by atoms with van der Waals surface area (Å²) in [4.78, 5) is 0. The minimum absolute atomic E-state index is 0. The van der Waals surface area contributed by atoms with Gasteiger partial charge in [0.2, 0.25) is 0 Å². The van der Waals surface area contributed by atoms with Gasteiger partial charge in [-0.1, -0.05) is 37.6 Å². The number of fused-ring (bicyclic) bond motifs is 1. The fourth-order valence-electron chi connectivity index (χ4n) is 2.36. The molecule has 0 amide bonds. The molecule has 0 saturated carbocycles. The maximum Gasteiger partial charge on any atom is 0 e. The first-order valence-corrected chi connectivity index (χ1v) is 5.57.